The lowest BCUT2D eigenvalue weighted by Crippen LogP contribution is -2.69. The second-order valence-corrected chi connectivity index (χ2v) is 8.26. The molecule has 0 aromatic heterocycles. The van der Waals surface area contributed by atoms with Crippen molar-refractivity contribution in [3.05, 3.63) is 0 Å². The molecular weight excluding hydrogens is 294 g/mol. The number of urea groups is 1. The lowest BCUT2D eigenvalue weighted by Gasteiger charge is -2.59. The molecule has 130 valence electrons. The second kappa shape index (κ2) is 5.36. The third-order valence-electron chi connectivity index (χ3n) is 6.54. The van der Waals surface area contributed by atoms with Gasteiger partial charge >= 0.3 is 6.03 Å². The van der Waals surface area contributed by atoms with Crippen LogP contribution in [0.25, 0.3) is 0 Å². The van der Waals surface area contributed by atoms with Crippen LogP contribution in [-0.4, -0.2) is 54.2 Å². The molecule has 0 bridgehead atoms. The van der Waals surface area contributed by atoms with Crippen LogP contribution in [0.1, 0.15) is 47.0 Å². The van der Waals surface area contributed by atoms with E-state index in [1.165, 1.54) is 0 Å². The first-order valence-corrected chi connectivity index (χ1v) is 8.59. The summed E-state index contributed by atoms with van der Waals surface area (Å²) in [4.78, 5) is 26.2. The predicted octanol–water partition coefficient (Wildman–Crippen LogP) is 1.50. The van der Waals surface area contributed by atoms with E-state index in [1.807, 2.05) is 4.90 Å². The highest BCUT2D eigenvalue weighted by Gasteiger charge is 2.58. The number of carbonyl (C=O) groups is 2. The van der Waals surface area contributed by atoms with Crippen molar-refractivity contribution >= 4 is 11.9 Å². The monoisotopic (exact) mass is 323 g/mol. The van der Waals surface area contributed by atoms with Crippen LogP contribution in [0.4, 0.5) is 4.79 Å². The zero-order valence-corrected chi connectivity index (χ0v) is 14.8. The molecule has 0 aromatic rings. The van der Waals surface area contributed by atoms with Gasteiger partial charge in [-0.3, -0.25) is 4.79 Å². The summed E-state index contributed by atoms with van der Waals surface area (Å²) < 4.78 is 5.58. The average molecular weight is 323 g/mol. The Labute approximate surface area is 138 Å². The van der Waals surface area contributed by atoms with E-state index in [4.69, 9.17) is 4.74 Å². The molecule has 2 aliphatic carbocycles. The van der Waals surface area contributed by atoms with Gasteiger partial charge < -0.3 is 20.3 Å². The minimum Gasteiger partial charge on any atom is -0.378 e. The molecular formula is C17H29N3O3. The molecule has 23 heavy (non-hydrogen) atoms. The minimum atomic E-state index is -0.201. The maximum Gasteiger partial charge on any atom is 0.315 e. The van der Waals surface area contributed by atoms with Gasteiger partial charge in [-0.2, -0.15) is 0 Å². The van der Waals surface area contributed by atoms with Gasteiger partial charge in [0.15, 0.2) is 0 Å². The van der Waals surface area contributed by atoms with Crippen LogP contribution < -0.4 is 10.6 Å². The van der Waals surface area contributed by atoms with Crippen molar-refractivity contribution in [3.63, 3.8) is 0 Å². The van der Waals surface area contributed by atoms with Gasteiger partial charge in [0.25, 0.3) is 0 Å². The number of ether oxygens (including phenoxy) is 1. The Morgan fingerprint density at radius 1 is 1.30 bits per heavy atom. The highest BCUT2D eigenvalue weighted by Crippen LogP contribution is 2.51. The van der Waals surface area contributed by atoms with Gasteiger partial charge in [0, 0.05) is 37.6 Å². The number of methoxy groups -OCH3 is 1. The lowest BCUT2D eigenvalue weighted by atomic mass is 9.56. The maximum absolute atomic E-state index is 12.3. The first-order chi connectivity index (χ1) is 10.7. The zero-order chi connectivity index (χ0) is 17.0. The fourth-order valence-electron chi connectivity index (χ4n) is 3.99. The van der Waals surface area contributed by atoms with Crippen molar-refractivity contribution in [1.82, 2.24) is 15.5 Å². The van der Waals surface area contributed by atoms with E-state index in [9.17, 15) is 9.59 Å². The van der Waals surface area contributed by atoms with Crippen molar-refractivity contribution in [3.8, 4) is 0 Å². The van der Waals surface area contributed by atoms with Crippen LogP contribution in [0, 0.1) is 11.3 Å². The first kappa shape index (κ1) is 16.6. The third-order valence-corrected chi connectivity index (χ3v) is 6.54. The number of likely N-dealkylation sites (tertiary alicyclic amines) is 1. The topological polar surface area (TPSA) is 70.7 Å². The summed E-state index contributed by atoms with van der Waals surface area (Å²) in [6.45, 7) is 9.11. The van der Waals surface area contributed by atoms with Gasteiger partial charge in [-0.05, 0) is 25.7 Å². The molecule has 1 aliphatic heterocycles. The normalized spacial score (nSPS) is 41.4. The van der Waals surface area contributed by atoms with E-state index < -0.39 is 0 Å². The molecule has 1 saturated heterocycles. The molecule has 3 fully saturated rings. The van der Waals surface area contributed by atoms with Gasteiger partial charge in [0.05, 0.1) is 11.6 Å². The van der Waals surface area contributed by atoms with Crippen LogP contribution in [0.2, 0.25) is 0 Å². The van der Waals surface area contributed by atoms with Crippen molar-refractivity contribution in [2.75, 3.05) is 13.7 Å². The highest BCUT2D eigenvalue weighted by atomic mass is 16.5. The molecule has 6 nitrogen and oxygen atoms in total. The molecule has 2 saturated carbocycles. The molecule has 0 aromatic carbocycles. The van der Waals surface area contributed by atoms with Gasteiger partial charge in [-0.1, -0.05) is 20.8 Å². The highest BCUT2D eigenvalue weighted by molar-refractivity contribution is 5.82. The van der Waals surface area contributed by atoms with E-state index in [0.29, 0.717) is 24.9 Å². The number of nitrogens with zero attached hydrogens (tertiary/aromatic N) is 1. The molecule has 3 amide bonds. The Bertz CT molecular complexity index is 521. The molecule has 2 N–H and O–H groups in total. The van der Waals surface area contributed by atoms with Crippen molar-refractivity contribution < 1.29 is 14.3 Å². The maximum atomic E-state index is 12.3. The van der Waals surface area contributed by atoms with Crippen molar-refractivity contribution in [2.45, 2.75) is 70.7 Å². The Morgan fingerprint density at radius 2 is 1.96 bits per heavy atom. The van der Waals surface area contributed by atoms with Crippen LogP contribution in [0.5, 0.6) is 0 Å². The Kier molecular flexibility index (Phi) is 3.86. The summed E-state index contributed by atoms with van der Waals surface area (Å²) in [5.41, 5.74) is -0.312. The van der Waals surface area contributed by atoms with Crippen molar-refractivity contribution in [1.29, 1.82) is 0 Å². The van der Waals surface area contributed by atoms with Gasteiger partial charge in [-0.25, -0.2) is 4.79 Å². The number of hydrogen-bond donors (Lipinski definition) is 2. The number of hydrogen-bond acceptors (Lipinski definition) is 3. The van der Waals surface area contributed by atoms with Crippen LogP contribution >= 0.6 is 0 Å². The molecule has 6 heteroatoms. The SMILES string of the molecule is CO[C@]1(C)C[C@H](NC(=O)N[C@@H]2CC(=O)N([C@H]3C[C@@H]3C)C2)C1(C)C. The quantitative estimate of drug-likeness (QED) is 0.823. The number of carbonyl (C=O) groups excluding carboxylic acids is 2. The fourth-order valence-corrected chi connectivity index (χ4v) is 3.99. The molecule has 5 atom stereocenters. The summed E-state index contributed by atoms with van der Waals surface area (Å²) in [6, 6.07) is 0.228. The Morgan fingerprint density at radius 3 is 2.48 bits per heavy atom. The van der Waals surface area contributed by atoms with Crippen LogP contribution in [0.3, 0.4) is 0 Å². The zero-order valence-electron chi connectivity index (χ0n) is 14.8. The van der Waals surface area contributed by atoms with E-state index >= 15 is 0 Å². The van der Waals surface area contributed by atoms with E-state index in [2.05, 4.69) is 38.3 Å². The fraction of sp³-hybridized carbons (Fsp3) is 0.882. The minimum absolute atomic E-state index is 0.0766. The first-order valence-electron chi connectivity index (χ1n) is 8.59. The molecule has 1 heterocycles. The van der Waals surface area contributed by atoms with E-state index in [0.717, 1.165) is 12.8 Å². The third kappa shape index (κ3) is 2.71. The molecule has 0 radical (unpaired) electrons. The summed E-state index contributed by atoms with van der Waals surface area (Å²) in [6.07, 6.45) is 2.32. The predicted molar refractivity (Wildman–Crippen MR) is 87.0 cm³/mol. The summed E-state index contributed by atoms with van der Waals surface area (Å²) >= 11 is 0. The second-order valence-electron chi connectivity index (χ2n) is 8.26. The summed E-state index contributed by atoms with van der Waals surface area (Å²) in [5, 5.41) is 6.01. The average Bonchev–Trinajstić information content (AvgIpc) is 3.08. The standard InChI is InChI=1S/C17H29N3O3/c1-10-6-12(10)20-9-11(7-14(20)21)18-15(22)19-13-8-17(4,23-5)16(13,2)3/h10-13H,6-9H2,1-5H3,(H2,18,19,22)/t10-,11+,12-,13-,17+/m0/s1. The molecule has 0 spiro atoms. The Balaban J connectivity index is 1.49. The van der Waals surface area contributed by atoms with Crippen LogP contribution in [0.15, 0.2) is 0 Å². The summed E-state index contributed by atoms with van der Waals surface area (Å²) in [7, 11) is 1.72. The van der Waals surface area contributed by atoms with E-state index in [1.54, 1.807) is 7.11 Å². The molecule has 0 unspecified atom stereocenters. The van der Waals surface area contributed by atoms with Gasteiger partial charge in [0.1, 0.15) is 0 Å². The molecule has 3 aliphatic rings. The Hall–Kier alpha value is -1.30. The largest absolute Gasteiger partial charge is 0.378 e. The summed E-state index contributed by atoms with van der Waals surface area (Å²) in [5.74, 6) is 0.773. The van der Waals surface area contributed by atoms with Crippen LogP contribution in [-0.2, 0) is 9.53 Å². The number of rotatable bonds is 4. The van der Waals surface area contributed by atoms with Gasteiger partial charge in [-0.15, -0.1) is 0 Å². The van der Waals surface area contributed by atoms with Crippen molar-refractivity contribution in [2.24, 2.45) is 11.3 Å². The lowest BCUT2D eigenvalue weighted by molar-refractivity contribution is -0.177. The van der Waals surface area contributed by atoms with E-state index in [-0.39, 0.29) is 35.0 Å². The number of nitrogens with one attached hydrogen (secondary N) is 2. The van der Waals surface area contributed by atoms with Gasteiger partial charge in [0.2, 0.25) is 5.91 Å². The number of amides is 3. The smallest absolute Gasteiger partial charge is 0.315 e. The molecule has 3 rings (SSSR count).